The van der Waals surface area contributed by atoms with Gasteiger partial charge < -0.3 is 11.1 Å². The number of benzene rings is 1. The highest BCUT2D eigenvalue weighted by atomic mass is 19.4. The van der Waals surface area contributed by atoms with Crippen LogP contribution in [0.2, 0.25) is 0 Å². The lowest BCUT2D eigenvalue weighted by atomic mass is 10.0. The normalized spacial score (nSPS) is 20.9. The molecule has 2 rings (SSSR count). The molecule has 0 spiro atoms. The quantitative estimate of drug-likeness (QED) is 0.826. The Kier molecular flexibility index (Phi) is 5.20. The minimum atomic E-state index is -4.22. The summed E-state index contributed by atoms with van der Waals surface area (Å²) in [6.07, 6.45) is -2.61. The number of halogens is 3. The van der Waals surface area contributed by atoms with Gasteiger partial charge in [0.2, 0.25) is 5.91 Å². The van der Waals surface area contributed by atoms with Crippen LogP contribution >= 0.6 is 0 Å². The molecular weight excluding hydrogens is 295 g/mol. The summed E-state index contributed by atoms with van der Waals surface area (Å²) in [5.41, 5.74) is 6.36. The molecule has 0 aromatic heterocycles. The monoisotopic (exact) mass is 313 g/mol. The highest BCUT2D eigenvalue weighted by Gasteiger charge is 2.32. The van der Waals surface area contributed by atoms with Crippen LogP contribution in [0.1, 0.15) is 5.56 Å². The van der Waals surface area contributed by atoms with Crippen molar-refractivity contribution in [1.29, 1.82) is 0 Å². The zero-order valence-electron chi connectivity index (χ0n) is 11.9. The Hall–Kier alpha value is -1.86. The fourth-order valence-corrected chi connectivity index (χ4v) is 2.49. The Labute approximate surface area is 126 Å². The third-order valence-electron chi connectivity index (χ3n) is 3.41. The first-order valence-corrected chi connectivity index (χ1v) is 6.95. The van der Waals surface area contributed by atoms with E-state index >= 15 is 0 Å². The topological polar surface area (TPSA) is 58.4 Å². The number of primary amides is 1. The van der Waals surface area contributed by atoms with Crippen LogP contribution in [0.15, 0.2) is 36.4 Å². The number of nitrogens with one attached hydrogen (secondary N) is 1. The van der Waals surface area contributed by atoms with Crippen molar-refractivity contribution in [2.75, 3.05) is 26.2 Å². The van der Waals surface area contributed by atoms with Gasteiger partial charge in [-0.2, -0.15) is 13.2 Å². The van der Waals surface area contributed by atoms with Crippen molar-refractivity contribution in [3.05, 3.63) is 42.0 Å². The van der Waals surface area contributed by atoms with E-state index in [0.29, 0.717) is 24.2 Å². The average molecular weight is 313 g/mol. The molecule has 1 atom stereocenters. The molecule has 0 radical (unpaired) electrons. The van der Waals surface area contributed by atoms with Crippen molar-refractivity contribution in [2.45, 2.75) is 12.2 Å². The molecule has 1 unspecified atom stereocenters. The number of alkyl halides is 3. The van der Waals surface area contributed by atoms with Crippen molar-refractivity contribution >= 4 is 11.5 Å². The molecule has 1 aliphatic rings. The predicted octanol–water partition coefficient (Wildman–Crippen LogP) is 1.39. The number of piperazine rings is 1. The Morgan fingerprint density at radius 3 is 2.64 bits per heavy atom. The number of carbonyl (C=O) groups is 1. The lowest BCUT2D eigenvalue weighted by Gasteiger charge is -2.33. The molecule has 7 heteroatoms. The molecule has 1 aromatic carbocycles. The molecule has 22 heavy (non-hydrogen) atoms. The van der Waals surface area contributed by atoms with Gasteiger partial charge in [0.15, 0.2) is 0 Å². The third kappa shape index (κ3) is 4.85. The first-order chi connectivity index (χ1) is 10.3. The largest absolute Gasteiger partial charge is 0.401 e. The fourth-order valence-electron chi connectivity index (χ4n) is 2.49. The summed E-state index contributed by atoms with van der Waals surface area (Å²) >= 11 is 0. The molecule has 0 aliphatic carbocycles. The zero-order chi connectivity index (χ0) is 16.2. The van der Waals surface area contributed by atoms with E-state index < -0.39 is 18.6 Å². The first kappa shape index (κ1) is 16.5. The van der Waals surface area contributed by atoms with Gasteiger partial charge in [0.05, 0.1) is 6.54 Å². The number of nitrogens with two attached hydrogens (primary N) is 1. The number of hydrogen-bond acceptors (Lipinski definition) is 3. The lowest BCUT2D eigenvalue weighted by molar-refractivity contribution is -0.147. The van der Waals surface area contributed by atoms with Gasteiger partial charge in [0.25, 0.3) is 0 Å². The molecule has 4 nitrogen and oxygen atoms in total. The Morgan fingerprint density at radius 1 is 1.36 bits per heavy atom. The second-order valence-corrected chi connectivity index (χ2v) is 5.22. The van der Waals surface area contributed by atoms with E-state index in [1.54, 1.807) is 30.3 Å². The van der Waals surface area contributed by atoms with E-state index in [9.17, 15) is 18.0 Å². The van der Waals surface area contributed by atoms with Crippen LogP contribution in [0, 0.1) is 0 Å². The van der Waals surface area contributed by atoms with Gasteiger partial charge in [-0.05, 0) is 5.56 Å². The Morgan fingerprint density at radius 2 is 2.05 bits per heavy atom. The highest BCUT2D eigenvalue weighted by Crippen LogP contribution is 2.19. The first-order valence-electron chi connectivity index (χ1n) is 6.95. The minimum Gasteiger partial charge on any atom is -0.366 e. The fraction of sp³-hybridized carbons (Fsp3) is 0.400. The maximum atomic E-state index is 12.5. The smallest absolute Gasteiger partial charge is 0.366 e. The predicted molar refractivity (Wildman–Crippen MR) is 77.9 cm³/mol. The zero-order valence-corrected chi connectivity index (χ0v) is 11.9. The lowest BCUT2D eigenvalue weighted by Crippen LogP contribution is -2.52. The van der Waals surface area contributed by atoms with E-state index in [2.05, 4.69) is 5.32 Å². The molecule has 1 aliphatic heterocycles. The van der Waals surface area contributed by atoms with Gasteiger partial charge in [-0.3, -0.25) is 9.69 Å². The summed E-state index contributed by atoms with van der Waals surface area (Å²) in [4.78, 5) is 12.9. The van der Waals surface area contributed by atoms with Gasteiger partial charge in [-0.1, -0.05) is 36.4 Å². The maximum Gasteiger partial charge on any atom is 0.401 e. The molecule has 1 saturated heterocycles. The summed E-state index contributed by atoms with van der Waals surface area (Å²) in [5, 5.41) is 3.10. The van der Waals surface area contributed by atoms with Crippen molar-refractivity contribution in [2.24, 2.45) is 5.73 Å². The van der Waals surface area contributed by atoms with Gasteiger partial charge >= 0.3 is 6.18 Å². The minimum absolute atomic E-state index is 0.184. The Balaban J connectivity index is 2.13. The van der Waals surface area contributed by atoms with Crippen molar-refractivity contribution < 1.29 is 18.0 Å². The van der Waals surface area contributed by atoms with Gasteiger partial charge in [-0.15, -0.1) is 0 Å². The molecule has 1 amide bonds. The van der Waals surface area contributed by atoms with Gasteiger partial charge in [-0.25, -0.2) is 0 Å². The summed E-state index contributed by atoms with van der Waals surface area (Å²) in [7, 11) is 0. The van der Waals surface area contributed by atoms with E-state index in [1.165, 1.54) is 4.90 Å². The van der Waals surface area contributed by atoms with Crippen LogP contribution in [0.3, 0.4) is 0 Å². The van der Waals surface area contributed by atoms with Crippen LogP contribution in [0.5, 0.6) is 0 Å². The summed E-state index contributed by atoms with van der Waals surface area (Å²) in [6, 6.07) is 8.50. The molecule has 1 aromatic rings. The molecular formula is C15H18F3N3O. The van der Waals surface area contributed by atoms with Gasteiger partial charge in [0.1, 0.15) is 0 Å². The standard InChI is InChI=1S/C15H18F3N3O/c16-15(17,18)10-21-7-6-20-12(9-21)8-13(14(19)22)11-4-2-1-3-5-11/h1-5,8,12,20H,6-7,9-10H2,(H2,19,22). The number of amides is 1. The van der Waals surface area contributed by atoms with E-state index in [1.807, 2.05) is 6.07 Å². The second-order valence-electron chi connectivity index (χ2n) is 5.22. The molecule has 0 saturated carbocycles. The van der Waals surface area contributed by atoms with Crippen LogP contribution in [0.4, 0.5) is 13.2 Å². The van der Waals surface area contributed by atoms with E-state index in [-0.39, 0.29) is 12.6 Å². The van der Waals surface area contributed by atoms with Crippen LogP contribution in [-0.4, -0.2) is 49.2 Å². The van der Waals surface area contributed by atoms with Crippen molar-refractivity contribution in [3.8, 4) is 0 Å². The SMILES string of the molecule is NC(=O)C(=CC1CN(CC(F)(F)F)CCN1)c1ccccc1. The summed E-state index contributed by atoms with van der Waals surface area (Å²) in [6.45, 7) is -0.0153. The molecule has 1 heterocycles. The second kappa shape index (κ2) is 6.93. The maximum absolute atomic E-state index is 12.5. The molecule has 1 fully saturated rings. The van der Waals surface area contributed by atoms with E-state index in [0.717, 1.165) is 0 Å². The molecule has 3 N–H and O–H groups in total. The summed E-state index contributed by atoms with van der Waals surface area (Å²) < 4.78 is 37.4. The number of rotatable bonds is 4. The van der Waals surface area contributed by atoms with Crippen molar-refractivity contribution in [3.63, 3.8) is 0 Å². The molecule has 120 valence electrons. The summed E-state index contributed by atoms with van der Waals surface area (Å²) in [5.74, 6) is -0.596. The van der Waals surface area contributed by atoms with Crippen LogP contribution in [0.25, 0.3) is 5.57 Å². The van der Waals surface area contributed by atoms with Crippen LogP contribution in [-0.2, 0) is 4.79 Å². The van der Waals surface area contributed by atoms with Crippen LogP contribution < -0.4 is 11.1 Å². The highest BCUT2D eigenvalue weighted by molar-refractivity contribution is 6.18. The van der Waals surface area contributed by atoms with Crippen molar-refractivity contribution in [1.82, 2.24) is 10.2 Å². The Bertz CT molecular complexity index is 543. The van der Waals surface area contributed by atoms with E-state index in [4.69, 9.17) is 5.73 Å². The third-order valence-corrected chi connectivity index (χ3v) is 3.41. The molecule has 0 bridgehead atoms. The average Bonchev–Trinajstić information content (AvgIpc) is 2.44. The number of carbonyl (C=O) groups excluding carboxylic acids is 1. The number of nitrogens with zero attached hydrogens (tertiary/aromatic N) is 1. The number of hydrogen-bond donors (Lipinski definition) is 2. The van der Waals surface area contributed by atoms with Gasteiger partial charge in [0, 0.05) is 31.2 Å².